The van der Waals surface area contributed by atoms with E-state index in [9.17, 15) is 18.8 Å². The van der Waals surface area contributed by atoms with Gasteiger partial charge >= 0.3 is 12.1 Å². The van der Waals surface area contributed by atoms with E-state index in [4.69, 9.17) is 49.7 Å². The molecule has 4 heterocycles. The van der Waals surface area contributed by atoms with Gasteiger partial charge in [-0.3, -0.25) is 4.90 Å². The summed E-state index contributed by atoms with van der Waals surface area (Å²) in [5.74, 6) is 0.383. The number of aromatic nitrogens is 4. The summed E-state index contributed by atoms with van der Waals surface area (Å²) in [4.78, 5) is 60.5. The van der Waals surface area contributed by atoms with Gasteiger partial charge in [-0.05, 0) is 105 Å². The largest absolute Gasteiger partial charge is 0.496 e. The maximum atomic E-state index is 14.4. The summed E-state index contributed by atoms with van der Waals surface area (Å²) in [6.45, 7) is 9.64. The van der Waals surface area contributed by atoms with Crippen LogP contribution in [0.1, 0.15) is 68.4 Å². The molecule has 1 amide bonds. The summed E-state index contributed by atoms with van der Waals surface area (Å²) in [6, 6.07) is 24.3. The lowest BCUT2D eigenvalue weighted by atomic mass is 9.94. The summed E-state index contributed by atoms with van der Waals surface area (Å²) in [5, 5.41) is 0.922. The Hall–Kier alpha value is -7.05. The third-order valence-electron chi connectivity index (χ3n) is 11.4. The number of thiophene rings is 1. The van der Waals surface area contributed by atoms with E-state index in [0.29, 0.717) is 102 Å². The number of para-hydroxylation sites is 1. The number of hydrogen-bond acceptors (Lipinski definition) is 15. The molecule has 0 aliphatic carbocycles. The van der Waals surface area contributed by atoms with Crippen molar-refractivity contribution in [3.8, 4) is 50.3 Å². The van der Waals surface area contributed by atoms with Crippen LogP contribution in [-0.4, -0.2) is 88.4 Å². The normalized spacial score (nSPS) is 13.3. The molecular formula is C54H53ClFN5O10S. The number of methoxy groups -OCH3 is 1. The zero-order chi connectivity index (χ0) is 50.9. The number of ether oxygens (including phenoxy) is 7. The van der Waals surface area contributed by atoms with Crippen LogP contribution in [0.15, 0.2) is 97.5 Å². The quantitative estimate of drug-likeness (QED) is 0.0587. The molecule has 0 N–H and O–H groups in total. The van der Waals surface area contributed by atoms with Crippen molar-refractivity contribution in [2.45, 2.75) is 78.6 Å². The van der Waals surface area contributed by atoms with Crippen molar-refractivity contribution in [2.24, 2.45) is 0 Å². The van der Waals surface area contributed by atoms with Crippen molar-refractivity contribution < 1.29 is 51.9 Å². The smallest absolute Gasteiger partial charge is 0.410 e. The van der Waals surface area contributed by atoms with Gasteiger partial charge in [0, 0.05) is 35.2 Å². The molecule has 0 saturated carbocycles. The van der Waals surface area contributed by atoms with E-state index in [1.165, 1.54) is 34.7 Å². The molecular weight excluding hydrogens is 965 g/mol. The SMILES string of the molecule is CCOC(=O)[C@@H](Cc1cc(CN(CC=O)C(=O)OC(C)(C)C)ccc1OCc1ccnc(-c2ccccc2OC)n1)Oc1ncnc2sc(-c3ccc(F)cc3)c(-c3ccc(C4OCCCO4)c(Cl)c3C)c12. The van der Waals surface area contributed by atoms with Crippen LogP contribution in [0.3, 0.4) is 0 Å². The Bertz CT molecular complexity index is 3070. The molecule has 7 aromatic rings. The van der Waals surface area contributed by atoms with Crippen LogP contribution in [0.5, 0.6) is 17.4 Å². The van der Waals surface area contributed by atoms with Gasteiger partial charge in [0.15, 0.2) is 12.1 Å². The highest BCUT2D eigenvalue weighted by Crippen LogP contribution is 2.49. The molecule has 4 aromatic carbocycles. The van der Waals surface area contributed by atoms with E-state index < -0.39 is 35.9 Å². The van der Waals surface area contributed by atoms with Gasteiger partial charge in [0.25, 0.3) is 0 Å². The second kappa shape index (κ2) is 23.0. The van der Waals surface area contributed by atoms with Gasteiger partial charge in [-0.15, -0.1) is 11.3 Å². The summed E-state index contributed by atoms with van der Waals surface area (Å²) in [5.41, 5.74) is 4.96. The molecule has 1 aliphatic heterocycles. The Morgan fingerprint density at radius 2 is 1.75 bits per heavy atom. The molecule has 0 bridgehead atoms. The summed E-state index contributed by atoms with van der Waals surface area (Å²) in [7, 11) is 1.58. The minimum absolute atomic E-state index is 0.00617. The molecule has 374 valence electrons. The van der Waals surface area contributed by atoms with Gasteiger partial charge in [-0.25, -0.2) is 33.9 Å². The van der Waals surface area contributed by atoms with E-state index in [1.54, 1.807) is 77.4 Å². The summed E-state index contributed by atoms with van der Waals surface area (Å²) in [6.07, 6.45) is 1.61. The lowest BCUT2D eigenvalue weighted by Gasteiger charge is -2.26. The Morgan fingerprint density at radius 3 is 2.49 bits per heavy atom. The van der Waals surface area contributed by atoms with Gasteiger partial charge in [0.05, 0.1) is 55.1 Å². The summed E-state index contributed by atoms with van der Waals surface area (Å²) < 4.78 is 56.3. The third-order valence-corrected chi connectivity index (χ3v) is 13.1. The van der Waals surface area contributed by atoms with Gasteiger partial charge in [0.2, 0.25) is 12.0 Å². The predicted octanol–water partition coefficient (Wildman–Crippen LogP) is 11.1. The zero-order valence-electron chi connectivity index (χ0n) is 40.6. The predicted molar refractivity (Wildman–Crippen MR) is 270 cm³/mol. The van der Waals surface area contributed by atoms with E-state index >= 15 is 0 Å². The zero-order valence-corrected chi connectivity index (χ0v) is 42.2. The first-order valence-corrected chi connectivity index (χ1v) is 24.4. The monoisotopic (exact) mass is 1020 g/mol. The topological polar surface area (TPSA) is 171 Å². The first-order valence-electron chi connectivity index (χ1n) is 23.3. The Labute approximate surface area is 425 Å². The molecule has 1 fully saturated rings. The number of rotatable bonds is 18. The van der Waals surface area contributed by atoms with Crippen molar-refractivity contribution in [1.29, 1.82) is 0 Å². The van der Waals surface area contributed by atoms with E-state index in [0.717, 1.165) is 11.3 Å². The maximum Gasteiger partial charge on any atom is 0.410 e. The molecule has 3 aromatic heterocycles. The second-order valence-electron chi connectivity index (χ2n) is 17.6. The molecule has 0 radical (unpaired) electrons. The highest BCUT2D eigenvalue weighted by Gasteiger charge is 2.31. The van der Waals surface area contributed by atoms with Crippen LogP contribution in [-0.2, 0) is 48.1 Å². The number of nitrogens with zero attached hydrogens (tertiary/aromatic N) is 5. The van der Waals surface area contributed by atoms with Crippen molar-refractivity contribution in [1.82, 2.24) is 24.8 Å². The average molecular weight is 1020 g/mol. The first-order chi connectivity index (χ1) is 34.7. The average Bonchev–Trinajstić information content (AvgIpc) is 3.77. The van der Waals surface area contributed by atoms with E-state index in [-0.39, 0.29) is 38.6 Å². The second-order valence-corrected chi connectivity index (χ2v) is 19.0. The van der Waals surface area contributed by atoms with Crippen LogP contribution in [0, 0.1) is 12.7 Å². The molecule has 8 rings (SSSR count). The number of fused-ring (bicyclic) bond motifs is 1. The molecule has 1 aliphatic rings. The molecule has 0 unspecified atom stereocenters. The number of benzene rings is 4. The number of aldehydes is 1. The molecule has 18 heteroatoms. The van der Waals surface area contributed by atoms with Crippen molar-refractivity contribution >= 4 is 51.5 Å². The first kappa shape index (κ1) is 51.3. The standard InChI is InChI=1S/C54H53ClFN5O10S/c1-7-66-51(63)43(70-49-45-44(38-18-19-40(46(55)32(38)2)52-67-25-10-26-68-52)47(72-50(45)59-31-58-49)34-14-16-36(56)17-15-34)28-35-27-33(29-61(23-24-62)53(64)71-54(3,4)5)13-20-41(35)69-30-37-21-22-57-48(60-37)39-11-8-9-12-42(39)65-6/h8-9,11-22,24,27,31,43,52H,7,10,23,25-26,28-30H2,1-6H3/t43-/m1/s1. The highest BCUT2D eigenvalue weighted by molar-refractivity contribution is 7.22. The van der Waals surface area contributed by atoms with Gasteiger partial charge in [-0.1, -0.05) is 60.1 Å². The number of amides is 1. The fourth-order valence-corrected chi connectivity index (χ4v) is 9.49. The Balaban J connectivity index is 1.21. The van der Waals surface area contributed by atoms with Crippen molar-refractivity contribution in [3.63, 3.8) is 0 Å². The molecule has 72 heavy (non-hydrogen) atoms. The molecule has 15 nitrogen and oxygen atoms in total. The van der Waals surface area contributed by atoms with E-state index in [2.05, 4.69) is 15.0 Å². The molecule has 1 atom stereocenters. The van der Waals surface area contributed by atoms with Crippen LogP contribution in [0.25, 0.3) is 43.2 Å². The number of carbonyl (C=O) groups excluding carboxylic acids is 3. The number of esters is 1. The molecule has 0 spiro atoms. The lowest BCUT2D eigenvalue weighted by Crippen LogP contribution is -2.37. The lowest BCUT2D eigenvalue weighted by molar-refractivity contribution is -0.182. The maximum absolute atomic E-state index is 14.4. The Kier molecular flexibility index (Phi) is 16.4. The highest BCUT2D eigenvalue weighted by atomic mass is 35.5. The third kappa shape index (κ3) is 12.0. The van der Waals surface area contributed by atoms with Gasteiger partial charge in [-0.2, -0.15) is 0 Å². The van der Waals surface area contributed by atoms with Gasteiger partial charge in [0.1, 0.15) is 47.0 Å². The van der Waals surface area contributed by atoms with Crippen LogP contribution in [0.4, 0.5) is 9.18 Å². The van der Waals surface area contributed by atoms with Crippen LogP contribution >= 0.6 is 22.9 Å². The molecule has 1 saturated heterocycles. The van der Waals surface area contributed by atoms with Crippen molar-refractivity contribution in [2.75, 3.05) is 33.5 Å². The van der Waals surface area contributed by atoms with Gasteiger partial charge < -0.3 is 38.0 Å². The van der Waals surface area contributed by atoms with Crippen LogP contribution < -0.4 is 14.2 Å². The minimum Gasteiger partial charge on any atom is -0.496 e. The van der Waals surface area contributed by atoms with E-state index in [1.807, 2.05) is 43.3 Å². The minimum atomic E-state index is -1.33. The fraction of sp³-hybridized carbons (Fsp3) is 0.315. The number of hydrogen-bond donors (Lipinski definition) is 0. The fourth-order valence-electron chi connectivity index (χ4n) is 8.09. The number of carbonyl (C=O) groups is 3. The van der Waals surface area contributed by atoms with Crippen LogP contribution in [0.2, 0.25) is 5.02 Å². The summed E-state index contributed by atoms with van der Waals surface area (Å²) >= 11 is 8.49. The number of halogens is 2. The Morgan fingerprint density at radius 1 is 0.972 bits per heavy atom. The van der Waals surface area contributed by atoms with Crippen molar-refractivity contribution in [3.05, 3.63) is 136 Å².